The van der Waals surface area contributed by atoms with Gasteiger partial charge in [0.25, 0.3) is 0 Å². The fraction of sp³-hybridized carbons (Fsp3) is 0.556. The average Bonchev–Trinajstić information content (AvgIpc) is 2.60. The molecule has 0 radical (unpaired) electrons. The lowest BCUT2D eigenvalue weighted by molar-refractivity contribution is -0.135. The van der Waals surface area contributed by atoms with Crippen LogP contribution < -0.4 is 14.8 Å². The van der Waals surface area contributed by atoms with E-state index in [4.69, 9.17) is 9.47 Å². The molecule has 2 amide bonds. The highest BCUT2D eigenvalue weighted by Gasteiger charge is 2.25. The number of benzene rings is 1. The zero-order valence-electron chi connectivity index (χ0n) is 14.6. The van der Waals surface area contributed by atoms with E-state index in [1.165, 1.54) is 13.3 Å². The van der Waals surface area contributed by atoms with Crippen molar-refractivity contribution in [1.82, 2.24) is 4.90 Å². The van der Waals surface area contributed by atoms with Gasteiger partial charge in [-0.3, -0.25) is 9.59 Å². The largest absolute Gasteiger partial charge is 0.493 e. The summed E-state index contributed by atoms with van der Waals surface area (Å²) < 4.78 is 10.4. The number of hydrogen-bond donors (Lipinski definition) is 1. The molecule has 0 atom stereocenters. The van der Waals surface area contributed by atoms with Gasteiger partial charge in [-0.05, 0) is 25.0 Å². The molecule has 0 spiro atoms. The molecular weight excluding hydrogens is 308 g/mol. The molecule has 0 aliphatic heterocycles. The van der Waals surface area contributed by atoms with Crippen LogP contribution in [0.5, 0.6) is 11.5 Å². The number of amides is 2. The van der Waals surface area contributed by atoms with Gasteiger partial charge in [-0.15, -0.1) is 0 Å². The van der Waals surface area contributed by atoms with E-state index in [2.05, 4.69) is 5.32 Å². The van der Waals surface area contributed by atoms with E-state index in [1.807, 2.05) is 0 Å². The van der Waals surface area contributed by atoms with Crippen molar-refractivity contribution < 1.29 is 19.1 Å². The molecule has 1 aromatic rings. The lowest BCUT2D eigenvalue weighted by Gasteiger charge is -2.33. The Balaban J connectivity index is 2.01. The summed E-state index contributed by atoms with van der Waals surface area (Å²) in [6.45, 7) is 1.60. The van der Waals surface area contributed by atoms with E-state index in [-0.39, 0.29) is 24.4 Å². The quantitative estimate of drug-likeness (QED) is 0.868. The Hall–Kier alpha value is -2.24. The second-order valence-corrected chi connectivity index (χ2v) is 6.06. The van der Waals surface area contributed by atoms with Gasteiger partial charge in [0.15, 0.2) is 11.5 Å². The third-order valence-electron chi connectivity index (χ3n) is 4.40. The average molecular weight is 334 g/mol. The Bertz CT molecular complexity index is 582. The van der Waals surface area contributed by atoms with Gasteiger partial charge in [-0.25, -0.2) is 0 Å². The van der Waals surface area contributed by atoms with Crippen LogP contribution in [0.1, 0.15) is 39.0 Å². The third kappa shape index (κ3) is 4.63. The number of nitrogens with one attached hydrogen (secondary N) is 1. The van der Waals surface area contributed by atoms with Crippen LogP contribution in [0.2, 0.25) is 0 Å². The zero-order chi connectivity index (χ0) is 17.5. The fourth-order valence-corrected chi connectivity index (χ4v) is 3.16. The fourth-order valence-electron chi connectivity index (χ4n) is 3.16. The van der Waals surface area contributed by atoms with E-state index in [1.54, 1.807) is 37.3 Å². The van der Waals surface area contributed by atoms with Crippen LogP contribution in [0.3, 0.4) is 0 Å². The van der Waals surface area contributed by atoms with Gasteiger partial charge in [-0.1, -0.05) is 19.3 Å². The molecule has 132 valence electrons. The van der Waals surface area contributed by atoms with Crippen molar-refractivity contribution in [1.29, 1.82) is 0 Å². The van der Waals surface area contributed by atoms with Crippen molar-refractivity contribution in [3.8, 4) is 11.5 Å². The summed E-state index contributed by atoms with van der Waals surface area (Å²) in [5.41, 5.74) is 0.616. The summed E-state index contributed by atoms with van der Waals surface area (Å²) in [6, 6.07) is 5.36. The highest BCUT2D eigenvalue weighted by molar-refractivity contribution is 5.94. The van der Waals surface area contributed by atoms with Crippen LogP contribution >= 0.6 is 0 Å². The Morgan fingerprint density at radius 1 is 1.12 bits per heavy atom. The molecule has 0 heterocycles. The SMILES string of the molecule is COc1ccc(NC(=O)CN(C(C)=O)C2CCCCC2)cc1OC. The van der Waals surface area contributed by atoms with E-state index < -0.39 is 0 Å². The van der Waals surface area contributed by atoms with Gasteiger partial charge >= 0.3 is 0 Å². The molecule has 2 rings (SSSR count). The van der Waals surface area contributed by atoms with Gasteiger partial charge in [0.05, 0.1) is 14.2 Å². The molecule has 0 bridgehead atoms. The molecule has 0 unspecified atom stereocenters. The predicted molar refractivity (Wildman–Crippen MR) is 92.4 cm³/mol. The van der Waals surface area contributed by atoms with Gasteiger partial charge in [0, 0.05) is 24.7 Å². The van der Waals surface area contributed by atoms with Crippen molar-refractivity contribution in [3.05, 3.63) is 18.2 Å². The molecule has 24 heavy (non-hydrogen) atoms. The summed E-state index contributed by atoms with van der Waals surface area (Å²) in [6.07, 6.45) is 5.39. The molecule has 6 heteroatoms. The van der Waals surface area contributed by atoms with E-state index in [0.717, 1.165) is 25.7 Å². The smallest absolute Gasteiger partial charge is 0.244 e. The van der Waals surface area contributed by atoms with E-state index in [9.17, 15) is 9.59 Å². The van der Waals surface area contributed by atoms with Crippen molar-refractivity contribution in [2.24, 2.45) is 0 Å². The van der Waals surface area contributed by atoms with Crippen LogP contribution in [0.25, 0.3) is 0 Å². The van der Waals surface area contributed by atoms with Crippen LogP contribution in [-0.4, -0.2) is 43.5 Å². The number of rotatable bonds is 6. The maximum atomic E-state index is 12.3. The number of nitrogens with zero attached hydrogens (tertiary/aromatic N) is 1. The first-order valence-corrected chi connectivity index (χ1v) is 8.34. The van der Waals surface area contributed by atoms with Gasteiger partial charge < -0.3 is 19.7 Å². The number of ether oxygens (including phenoxy) is 2. The summed E-state index contributed by atoms with van der Waals surface area (Å²) in [4.78, 5) is 26.0. The van der Waals surface area contributed by atoms with Gasteiger partial charge in [0.2, 0.25) is 11.8 Å². The van der Waals surface area contributed by atoms with Crippen LogP contribution in [0.4, 0.5) is 5.69 Å². The minimum Gasteiger partial charge on any atom is -0.493 e. The second-order valence-electron chi connectivity index (χ2n) is 6.06. The predicted octanol–water partition coefficient (Wildman–Crippen LogP) is 2.82. The summed E-state index contributed by atoms with van der Waals surface area (Å²) >= 11 is 0. The molecule has 1 N–H and O–H groups in total. The van der Waals surface area contributed by atoms with E-state index >= 15 is 0 Å². The first-order valence-electron chi connectivity index (χ1n) is 8.34. The number of methoxy groups -OCH3 is 2. The monoisotopic (exact) mass is 334 g/mol. The van der Waals surface area contributed by atoms with Gasteiger partial charge in [0.1, 0.15) is 6.54 Å². The zero-order valence-corrected chi connectivity index (χ0v) is 14.6. The molecule has 1 aliphatic carbocycles. The molecule has 6 nitrogen and oxygen atoms in total. The highest BCUT2D eigenvalue weighted by Crippen LogP contribution is 2.29. The molecule has 0 aromatic heterocycles. The maximum Gasteiger partial charge on any atom is 0.244 e. The number of carbonyl (C=O) groups is 2. The normalized spacial score (nSPS) is 14.8. The minimum atomic E-state index is -0.206. The van der Waals surface area contributed by atoms with Crippen LogP contribution in [-0.2, 0) is 9.59 Å². The third-order valence-corrected chi connectivity index (χ3v) is 4.40. The topological polar surface area (TPSA) is 67.9 Å². The lowest BCUT2D eigenvalue weighted by atomic mass is 9.94. The molecule has 0 saturated heterocycles. The van der Waals surface area contributed by atoms with Crippen LogP contribution in [0, 0.1) is 0 Å². The Kier molecular flexibility index (Phi) is 6.46. The summed E-state index contributed by atoms with van der Waals surface area (Å²) in [5, 5.41) is 2.82. The first kappa shape index (κ1) is 18.1. The van der Waals surface area contributed by atoms with Gasteiger partial charge in [-0.2, -0.15) is 0 Å². The van der Waals surface area contributed by atoms with E-state index in [0.29, 0.717) is 17.2 Å². The van der Waals surface area contributed by atoms with Crippen molar-refractivity contribution in [3.63, 3.8) is 0 Å². The van der Waals surface area contributed by atoms with Crippen molar-refractivity contribution >= 4 is 17.5 Å². The summed E-state index contributed by atoms with van der Waals surface area (Å²) in [7, 11) is 3.11. The molecule has 1 saturated carbocycles. The molecular formula is C18H26N2O4. The van der Waals surface area contributed by atoms with Crippen molar-refractivity contribution in [2.75, 3.05) is 26.1 Å². The van der Waals surface area contributed by atoms with Crippen LogP contribution in [0.15, 0.2) is 18.2 Å². The number of carbonyl (C=O) groups excluding carboxylic acids is 2. The second kappa shape index (κ2) is 8.57. The molecule has 1 fully saturated rings. The minimum absolute atomic E-state index is 0.0515. The number of hydrogen-bond acceptors (Lipinski definition) is 4. The standard InChI is InChI=1S/C18H26N2O4/c1-13(21)20(15-7-5-4-6-8-15)12-18(22)19-14-9-10-16(23-2)17(11-14)24-3/h9-11,15H,4-8,12H2,1-3H3,(H,19,22). The highest BCUT2D eigenvalue weighted by atomic mass is 16.5. The first-order chi connectivity index (χ1) is 11.5. The summed E-state index contributed by atoms with van der Waals surface area (Å²) in [5.74, 6) is 0.890. The van der Waals surface area contributed by atoms with Crippen molar-refractivity contribution in [2.45, 2.75) is 45.1 Å². The number of anilines is 1. The Morgan fingerprint density at radius 2 is 1.79 bits per heavy atom. The molecule has 1 aliphatic rings. The Labute approximate surface area is 143 Å². The molecule has 1 aromatic carbocycles. The Morgan fingerprint density at radius 3 is 2.38 bits per heavy atom. The maximum absolute atomic E-state index is 12.3. The lowest BCUT2D eigenvalue weighted by Crippen LogP contribution is -2.44.